The molecule has 0 bridgehead atoms. The zero-order valence-corrected chi connectivity index (χ0v) is 17.1. The van der Waals surface area contributed by atoms with Gasteiger partial charge in [-0.05, 0) is 37.0 Å². The smallest absolute Gasteiger partial charge is 0.322 e. The van der Waals surface area contributed by atoms with Crippen molar-refractivity contribution in [1.29, 1.82) is 0 Å². The fraction of sp³-hybridized carbons (Fsp3) is 0.571. The SMILES string of the molecule is O=C(CCC1(c2ccc(F)cc2)NC(=O)NC1=O)N[C@@H]1CC[C@@H](N2CCOCC2)[C@@H]1O. The molecule has 0 aromatic heterocycles. The lowest BCUT2D eigenvalue weighted by molar-refractivity contribution is -0.126. The summed E-state index contributed by atoms with van der Waals surface area (Å²) in [6.07, 6.45) is 0.732. The molecule has 1 aromatic carbocycles. The van der Waals surface area contributed by atoms with Crippen molar-refractivity contribution in [2.75, 3.05) is 26.3 Å². The normalized spacial score (nSPS) is 31.4. The number of imide groups is 1. The number of hydrogen-bond acceptors (Lipinski definition) is 6. The van der Waals surface area contributed by atoms with Gasteiger partial charge in [0.1, 0.15) is 11.4 Å². The van der Waals surface area contributed by atoms with Crippen molar-refractivity contribution in [3.63, 3.8) is 0 Å². The number of aliphatic hydroxyl groups is 1. The Morgan fingerprint density at radius 3 is 2.58 bits per heavy atom. The van der Waals surface area contributed by atoms with Gasteiger partial charge in [0.2, 0.25) is 5.91 Å². The topological polar surface area (TPSA) is 120 Å². The maximum absolute atomic E-state index is 13.3. The van der Waals surface area contributed by atoms with Gasteiger partial charge in [0.25, 0.3) is 5.91 Å². The molecule has 1 saturated carbocycles. The highest BCUT2D eigenvalue weighted by Crippen LogP contribution is 2.31. The molecule has 4 N–H and O–H groups in total. The van der Waals surface area contributed by atoms with Crippen LogP contribution >= 0.6 is 0 Å². The molecule has 0 radical (unpaired) electrons. The van der Waals surface area contributed by atoms with Crippen LogP contribution in [0.3, 0.4) is 0 Å². The maximum atomic E-state index is 13.3. The molecule has 1 aliphatic carbocycles. The quantitative estimate of drug-likeness (QED) is 0.467. The molecule has 3 aliphatic rings. The number of nitrogens with one attached hydrogen (secondary N) is 3. The van der Waals surface area contributed by atoms with Gasteiger partial charge in [0, 0.05) is 25.6 Å². The van der Waals surface area contributed by atoms with E-state index >= 15 is 0 Å². The third kappa shape index (κ3) is 4.41. The number of amides is 4. The first-order valence-electron chi connectivity index (χ1n) is 10.6. The summed E-state index contributed by atoms with van der Waals surface area (Å²) in [5.41, 5.74) is -1.04. The van der Waals surface area contributed by atoms with Gasteiger partial charge in [-0.3, -0.25) is 19.8 Å². The Bertz CT molecular complexity index is 845. The van der Waals surface area contributed by atoms with Crippen LogP contribution in [0.2, 0.25) is 0 Å². The second-order valence-corrected chi connectivity index (χ2v) is 8.28. The standard InChI is InChI=1S/C21H27FN4O5/c22-14-3-1-13(2-4-14)21(19(29)24-20(30)25-21)8-7-17(27)23-15-5-6-16(18(15)28)26-9-11-31-12-10-26/h1-4,15-16,18,28H,5-12H2,(H,23,27)(H2,24,25,29,30)/t15-,16-,18-,21?/m1/s1. The van der Waals surface area contributed by atoms with Crippen LogP contribution < -0.4 is 16.0 Å². The van der Waals surface area contributed by atoms with Crippen molar-refractivity contribution in [1.82, 2.24) is 20.9 Å². The molecule has 2 heterocycles. The predicted octanol–water partition coefficient (Wildman–Crippen LogP) is -0.0191. The number of nitrogens with zero attached hydrogens (tertiary/aromatic N) is 1. The molecule has 2 aliphatic heterocycles. The summed E-state index contributed by atoms with van der Waals surface area (Å²) in [6, 6.07) is 4.21. The first-order valence-corrected chi connectivity index (χ1v) is 10.6. The number of benzene rings is 1. The van der Waals surface area contributed by atoms with Crippen molar-refractivity contribution in [3.8, 4) is 0 Å². The van der Waals surface area contributed by atoms with Crippen molar-refractivity contribution < 1.29 is 28.6 Å². The number of ether oxygens (including phenoxy) is 1. The first kappa shape index (κ1) is 21.7. The molecule has 0 spiro atoms. The molecule has 4 atom stereocenters. The van der Waals surface area contributed by atoms with Gasteiger partial charge in [-0.1, -0.05) is 12.1 Å². The Labute approximate surface area is 179 Å². The summed E-state index contributed by atoms with van der Waals surface area (Å²) in [5, 5.41) is 18.4. The van der Waals surface area contributed by atoms with E-state index in [0.29, 0.717) is 25.2 Å². The molecule has 1 aromatic rings. The number of rotatable bonds is 6. The lowest BCUT2D eigenvalue weighted by Crippen LogP contribution is -2.51. The Kier molecular flexibility index (Phi) is 6.22. The molecule has 4 rings (SSSR count). The Morgan fingerprint density at radius 2 is 1.94 bits per heavy atom. The largest absolute Gasteiger partial charge is 0.389 e. The Balaban J connectivity index is 1.38. The lowest BCUT2D eigenvalue weighted by atomic mass is 9.85. The minimum atomic E-state index is -1.44. The van der Waals surface area contributed by atoms with Crippen LogP contribution in [-0.2, 0) is 19.9 Å². The summed E-state index contributed by atoms with van der Waals surface area (Å²) in [5.74, 6) is -1.36. The van der Waals surface area contributed by atoms with Gasteiger partial charge in [-0.25, -0.2) is 9.18 Å². The monoisotopic (exact) mass is 434 g/mol. The molecule has 4 amide bonds. The van der Waals surface area contributed by atoms with Crippen molar-refractivity contribution in [3.05, 3.63) is 35.6 Å². The van der Waals surface area contributed by atoms with E-state index < -0.39 is 29.4 Å². The van der Waals surface area contributed by atoms with Crippen LogP contribution in [0.4, 0.5) is 9.18 Å². The zero-order valence-electron chi connectivity index (χ0n) is 17.1. The van der Waals surface area contributed by atoms with Crippen LogP contribution in [0, 0.1) is 5.82 Å². The van der Waals surface area contributed by atoms with Gasteiger partial charge in [-0.2, -0.15) is 0 Å². The van der Waals surface area contributed by atoms with Crippen molar-refractivity contribution in [2.24, 2.45) is 0 Å². The predicted molar refractivity (Wildman–Crippen MR) is 107 cm³/mol. The summed E-state index contributed by atoms with van der Waals surface area (Å²) < 4.78 is 18.7. The molecule has 168 valence electrons. The lowest BCUT2D eigenvalue weighted by Gasteiger charge is -2.34. The van der Waals surface area contributed by atoms with Gasteiger partial charge < -0.3 is 20.5 Å². The minimum Gasteiger partial charge on any atom is -0.389 e. The van der Waals surface area contributed by atoms with E-state index in [1.165, 1.54) is 24.3 Å². The molecular formula is C21H27FN4O5. The van der Waals surface area contributed by atoms with E-state index in [0.717, 1.165) is 19.5 Å². The van der Waals surface area contributed by atoms with Crippen LogP contribution in [0.5, 0.6) is 0 Å². The molecule has 31 heavy (non-hydrogen) atoms. The fourth-order valence-electron chi connectivity index (χ4n) is 4.75. The van der Waals surface area contributed by atoms with E-state index in [-0.39, 0.29) is 30.8 Å². The highest BCUT2D eigenvalue weighted by atomic mass is 19.1. The van der Waals surface area contributed by atoms with Gasteiger partial charge in [0.05, 0.1) is 25.4 Å². The highest BCUT2D eigenvalue weighted by Gasteiger charge is 2.48. The third-order valence-electron chi connectivity index (χ3n) is 6.45. The van der Waals surface area contributed by atoms with E-state index in [4.69, 9.17) is 4.74 Å². The minimum absolute atomic E-state index is 0.0117. The average Bonchev–Trinajstić information content (AvgIpc) is 3.26. The Hall–Kier alpha value is -2.56. The number of halogens is 1. The molecule has 9 nitrogen and oxygen atoms in total. The Morgan fingerprint density at radius 1 is 1.23 bits per heavy atom. The molecule has 2 saturated heterocycles. The molecule has 1 unspecified atom stereocenters. The van der Waals surface area contributed by atoms with Crippen molar-refractivity contribution in [2.45, 2.75) is 49.4 Å². The summed E-state index contributed by atoms with van der Waals surface area (Å²) in [4.78, 5) is 39.2. The van der Waals surface area contributed by atoms with Crippen LogP contribution in [-0.4, -0.2) is 72.3 Å². The van der Waals surface area contributed by atoms with Crippen LogP contribution in [0.15, 0.2) is 24.3 Å². The zero-order chi connectivity index (χ0) is 22.0. The van der Waals surface area contributed by atoms with Gasteiger partial charge in [0.15, 0.2) is 0 Å². The van der Waals surface area contributed by atoms with Crippen LogP contribution in [0.1, 0.15) is 31.2 Å². The van der Waals surface area contributed by atoms with Gasteiger partial charge >= 0.3 is 6.03 Å². The van der Waals surface area contributed by atoms with E-state index in [1.54, 1.807) is 0 Å². The number of morpholine rings is 1. The van der Waals surface area contributed by atoms with E-state index in [9.17, 15) is 23.9 Å². The average molecular weight is 434 g/mol. The summed E-state index contributed by atoms with van der Waals surface area (Å²) >= 11 is 0. The number of hydrogen-bond donors (Lipinski definition) is 4. The highest BCUT2D eigenvalue weighted by molar-refractivity contribution is 6.07. The third-order valence-corrected chi connectivity index (χ3v) is 6.45. The van der Waals surface area contributed by atoms with E-state index in [2.05, 4.69) is 20.9 Å². The second-order valence-electron chi connectivity index (χ2n) is 8.28. The number of urea groups is 1. The van der Waals surface area contributed by atoms with Crippen LogP contribution in [0.25, 0.3) is 0 Å². The number of carbonyl (C=O) groups excluding carboxylic acids is 3. The summed E-state index contributed by atoms with van der Waals surface area (Å²) in [6.45, 7) is 2.80. The number of aliphatic hydroxyl groups excluding tert-OH is 1. The van der Waals surface area contributed by atoms with E-state index in [1.807, 2.05) is 0 Å². The molecular weight excluding hydrogens is 407 g/mol. The number of carbonyl (C=O) groups is 3. The van der Waals surface area contributed by atoms with Gasteiger partial charge in [-0.15, -0.1) is 0 Å². The summed E-state index contributed by atoms with van der Waals surface area (Å²) in [7, 11) is 0. The fourth-order valence-corrected chi connectivity index (χ4v) is 4.75. The molecule has 3 fully saturated rings. The molecule has 10 heteroatoms. The first-order chi connectivity index (χ1) is 14.9. The second kappa shape index (κ2) is 8.89. The maximum Gasteiger partial charge on any atom is 0.322 e. The van der Waals surface area contributed by atoms with Crippen molar-refractivity contribution >= 4 is 17.8 Å².